The zero-order chi connectivity index (χ0) is 50.6. The van der Waals surface area contributed by atoms with Gasteiger partial charge >= 0.3 is 11.9 Å². The molecule has 0 fully saturated rings. The van der Waals surface area contributed by atoms with Crippen LogP contribution in [0.4, 0.5) is 0 Å². The molecule has 0 aliphatic heterocycles. The van der Waals surface area contributed by atoms with Crippen molar-refractivity contribution < 1.29 is 23.8 Å². The SMILES string of the molecule is CC/C=C\C/C=C\C/C=C\C/C=C\C/C=C\C/C=C\CCCOCC(COC(=O)CCCCC/C=C\C/C=C\C/C=C\C/C=C\C/C=C\CC)OC(=O)CCCC/C=C\C/C=C\C/C=C\C/C=C\CC. The molecule has 0 radical (unpaired) electrons. The first-order valence-corrected chi connectivity index (χ1v) is 27.3. The van der Waals surface area contributed by atoms with E-state index in [1.807, 2.05) is 0 Å². The van der Waals surface area contributed by atoms with Crippen LogP contribution in [0.2, 0.25) is 0 Å². The first kappa shape index (κ1) is 65.0. The smallest absolute Gasteiger partial charge is 0.306 e. The zero-order valence-electron chi connectivity index (χ0n) is 44.4. The first-order valence-electron chi connectivity index (χ1n) is 27.3. The van der Waals surface area contributed by atoms with Gasteiger partial charge in [-0.15, -0.1) is 0 Å². The Hall–Kier alpha value is -5.00. The van der Waals surface area contributed by atoms with Gasteiger partial charge in [-0.25, -0.2) is 0 Å². The number of unbranched alkanes of at least 4 members (excludes halogenated alkanes) is 6. The van der Waals surface area contributed by atoms with Crippen molar-refractivity contribution in [3.63, 3.8) is 0 Å². The van der Waals surface area contributed by atoms with Crippen molar-refractivity contribution in [3.8, 4) is 0 Å². The van der Waals surface area contributed by atoms with Crippen molar-refractivity contribution in [3.05, 3.63) is 182 Å². The van der Waals surface area contributed by atoms with Crippen LogP contribution in [0, 0.1) is 0 Å². The Balaban J connectivity index is 4.55. The summed E-state index contributed by atoms with van der Waals surface area (Å²) in [5.41, 5.74) is 0. The Bertz CT molecular complexity index is 1650. The molecule has 0 saturated carbocycles. The Morgan fingerprint density at radius 1 is 0.314 bits per heavy atom. The quantitative estimate of drug-likeness (QED) is 0.0345. The number of allylic oxidation sites excluding steroid dienone is 30. The summed E-state index contributed by atoms with van der Waals surface area (Å²) < 4.78 is 17.3. The van der Waals surface area contributed by atoms with Gasteiger partial charge < -0.3 is 14.2 Å². The summed E-state index contributed by atoms with van der Waals surface area (Å²) in [6.07, 6.45) is 89.2. The number of carbonyl (C=O) groups is 2. The molecule has 0 aromatic rings. The van der Waals surface area contributed by atoms with Crippen molar-refractivity contribution in [1.82, 2.24) is 0 Å². The van der Waals surface area contributed by atoms with Gasteiger partial charge in [-0.05, 0) is 148 Å². The molecule has 0 rings (SSSR count). The summed E-state index contributed by atoms with van der Waals surface area (Å²) in [6.45, 7) is 7.22. The van der Waals surface area contributed by atoms with Crippen molar-refractivity contribution in [2.75, 3.05) is 19.8 Å². The highest BCUT2D eigenvalue weighted by Crippen LogP contribution is 2.10. The van der Waals surface area contributed by atoms with E-state index in [-0.39, 0.29) is 25.2 Å². The number of esters is 2. The zero-order valence-corrected chi connectivity index (χ0v) is 44.4. The number of hydrogen-bond acceptors (Lipinski definition) is 5. The van der Waals surface area contributed by atoms with Crippen molar-refractivity contribution in [2.45, 2.75) is 194 Å². The van der Waals surface area contributed by atoms with E-state index in [2.05, 4.69) is 203 Å². The Labute approximate surface area is 429 Å². The van der Waals surface area contributed by atoms with Gasteiger partial charge in [-0.3, -0.25) is 9.59 Å². The van der Waals surface area contributed by atoms with Crippen LogP contribution in [0.5, 0.6) is 0 Å². The molecular formula is C65H98O5. The second-order valence-corrected chi connectivity index (χ2v) is 17.0. The van der Waals surface area contributed by atoms with Crippen LogP contribution in [0.25, 0.3) is 0 Å². The average molecular weight is 959 g/mol. The summed E-state index contributed by atoms with van der Waals surface area (Å²) in [6, 6.07) is 0. The third-order valence-corrected chi connectivity index (χ3v) is 10.4. The highest BCUT2D eigenvalue weighted by molar-refractivity contribution is 5.70. The Morgan fingerprint density at radius 2 is 0.600 bits per heavy atom. The van der Waals surface area contributed by atoms with Crippen LogP contribution in [-0.4, -0.2) is 37.9 Å². The number of hydrogen-bond donors (Lipinski definition) is 0. The van der Waals surface area contributed by atoms with E-state index in [4.69, 9.17) is 14.2 Å². The fraction of sp³-hybridized carbons (Fsp3) is 0.508. The predicted molar refractivity (Wildman–Crippen MR) is 306 cm³/mol. The molecule has 0 N–H and O–H groups in total. The molecule has 5 heteroatoms. The third-order valence-electron chi connectivity index (χ3n) is 10.4. The third kappa shape index (κ3) is 55.6. The van der Waals surface area contributed by atoms with Crippen LogP contribution < -0.4 is 0 Å². The van der Waals surface area contributed by atoms with Crippen LogP contribution in [0.1, 0.15) is 188 Å². The van der Waals surface area contributed by atoms with Gasteiger partial charge in [-0.1, -0.05) is 209 Å². The van der Waals surface area contributed by atoms with E-state index >= 15 is 0 Å². The molecule has 70 heavy (non-hydrogen) atoms. The van der Waals surface area contributed by atoms with Gasteiger partial charge in [0.1, 0.15) is 6.61 Å². The van der Waals surface area contributed by atoms with Crippen molar-refractivity contribution >= 4 is 11.9 Å². The predicted octanol–water partition coefficient (Wildman–Crippen LogP) is 19.0. The number of rotatable bonds is 47. The molecule has 5 nitrogen and oxygen atoms in total. The van der Waals surface area contributed by atoms with E-state index in [1.165, 1.54) is 0 Å². The summed E-state index contributed by atoms with van der Waals surface area (Å²) in [4.78, 5) is 25.5. The lowest BCUT2D eigenvalue weighted by Crippen LogP contribution is -2.30. The number of ether oxygens (including phenoxy) is 3. The van der Waals surface area contributed by atoms with Gasteiger partial charge in [0, 0.05) is 19.4 Å². The van der Waals surface area contributed by atoms with E-state index in [0.717, 1.165) is 154 Å². The maximum absolute atomic E-state index is 12.8. The van der Waals surface area contributed by atoms with Gasteiger partial charge in [0.05, 0.1) is 6.61 Å². The largest absolute Gasteiger partial charge is 0.462 e. The standard InChI is InChI=1S/C65H98O5/c1-4-7-10-13-16-19-22-25-28-30-32-34-36-39-42-45-48-51-54-57-60-68-61-63(70-65(67)59-56-53-50-47-44-41-37-27-24-21-18-15-12-9-6-3)62-69-64(66)58-55-52-49-46-43-40-38-35-33-31-29-26-23-20-17-14-11-8-5-2/h7-12,16-21,25-29,32-35,37,39-40,42-44,47-48,51,63H,4-6,13-15,22-24,30-31,36,38,41,45-46,49-50,52-62H2,1-3H3/b10-7-,11-8-,12-9-,19-16-,20-17-,21-18-,28-25-,29-26-,34-32-,35-33-,37-27-,42-39-,43-40-,47-44-,51-48-. The van der Waals surface area contributed by atoms with E-state index < -0.39 is 6.10 Å². The van der Waals surface area contributed by atoms with E-state index in [0.29, 0.717) is 19.4 Å². The van der Waals surface area contributed by atoms with Gasteiger partial charge in [-0.2, -0.15) is 0 Å². The summed E-state index contributed by atoms with van der Waals surface area (Å²) in [5, 5.41) is 0. The van der Waals surface area contributed by atoms with E-state index in [9.17, 15) is 9.59 Å². The summed E-state index contributed by atoms with van der Waals surface area (Å²) in [5.74, 6) is -0.533. The highest BCUT2D eigenvalue weighted by atomic mass is 16.6. The minimum Gasteiger partial charge on any atom is -0.462 e. The molecule has 1 unspecified atom stereocenters. The van der Waals surface area contributed by atoms with Gasteiger partial charge in [0.25, 0.3) is 0 Å². The Morgan fingerprint density at radius 3 is 0.957 bits per heavy atom. The molecule has 0 saturated heterocycles. The molecule has 0 amide bonds. The molecule has 0 heterocycles. The molecular weight excluding hydrogens is 861 g/mol. The molecule has 0 bridgehead atoms. The lowest BCUT2D eigenvalue weighted by Gasteiger charge is -2.18. The van der Waals surface area contributed by atoms with Crippen LogP contribution in [-0.2, 0) is 23.8 Å². The number of carbonyl (C=O) groups excluding carboxylic acids is 2. The molecule has 0 spiro atoms. The topological polar surface area (TPSA) is 61.8 Å². The lowest BCUT2D eigenvalue weighted by molar-refractivity contribution is -0.163. The van der Waals surface area contributed by atoms with Crippen molar-refractivity contribution in [1.29, 1.82) is 0 Å². The minimum absolute atomic E-state index is 0.0136. The molecule has 0 aromatic heterocycles. The maximum Gasteiger partial charge on any atom is 0.306 e. The van der Waals surface area contributed by atoms with E-state index in [1.54, 1.807) is 0 Å². The van der Waals surface area contributed by atoms with Crippen LogP contribution >= 0.6 is 0 Å². The monoisotopic (exact) mass is 959 g/mol. The molecule has 0 aliphatic carbocycles. The highest BCUT2D eigenvalue weighted by Gasteiger charge is 2.17. The second kappa shape index (κ2) is 58.3. The summed E-state index contributed by atoms with van der Waals surface area (Å²) in [7, 11) is 0. The normalized spacial score (nSPS) is 13.7. The average Bonchev–Trinajstić information content (AvgIpc) is 3.36. The summed E-state index contributed by atoms with van der Waals surface area (Å²) >= 11 is 0. The van der Waals surface area contributed by atoms with Crippen LogP contribution in [0.15, 0.2) is 182 Å². The second-order valence-electron chi connectivity index (χ2n) is 17.0. The minimum atomic E-state index is -0.619. The van der Waals surface area contributed by atoms with Gasteiger partial charge in [0.2, 0.25) is 0 Å². The van der Waals surface area contributed by atoms with Crippen LogP contribution in [0.3, 0.4) is 0 Å². The molecule has 388 valence electrons. The fourth-order valence-electron chi connectivity index (χ4n) is 6.48. The molecule has 1 atom stereocenters. The molecule has 0 aromatic carbocycles. The Kier molecular flexibility index (Phi) is 54.1. The maximum atomic E-state index is 12.8. The first-order chi connectivity index (χ1) is 34.6. The van der Waals surface area contributed by atoms with Crippen molar-refractivity contribution in [2.24, 2.45) is 0 Å². The van der Waals surface area contributed by atoms with Gasteiger partial charge in [0.15, 0.2) is 6.10 Å². The fourth-order valence-corrected chi connectivity index (χ4v) is 6.48. The molecule has 0 aliphatic rings. The lowest BCUT2D eigenvalue weighted by atomic mass is 10.1.